The van der Waals surface area contributed by atoms with Crippen LogP contribution in [0.1, 0.15) is 29.2 Å². The van der Waals surface area contributed by atoms with Crippen molar-refractivity contribution in [3.05, 3.63) is 69.5 Å². The van der Waals surface area contributed by atoms with Gasteiger partial charge in [0.25, 0.3) is 5.91 Å². The second-order valence-corrected chi connectivity index (χ2v) is 6.72. The molecule has 27 heavy (non-hydrogen) atoms. The molecule has 0 heterocycles. The summed E-state index contributed by atoms with van der Waals surface area (Å²) >= 11 is 5.89. The van der Waals surface area contributed by atoms with Crippen LogP contribution in [-0.2, 0) is 14.3 Å². The first-order valence-electron chi connectivity index (χ1n) is 8.40. The topological polar surface area (TPSA) is 55.4 Å². The fourth-order valence-corrected chi connectivity index (χ4v) is 2.92. The number of esters is 1. The molecule has 0 bridgehead atoms. The maximum Gasteiger partial charge on any atom is 0.331 e. The minimum atomic E-state index is -1.02. The Morgan fingerprint density at radius 2 is 1.81 bits per heavy atom. The second-order valence-electron chi connectivity index (χ2n) is 6.31. The van der Waals surface area contributed by atoms with Crippen LogP contribution in [0, 0.1) is 26.6 Å². The van der Waals surface area contributed by atoms with Crippen molar-refractivity contribution in [3.8, 4) is 0 Å². The molecular weight excluding hydrogens is 369 g/mol. The minimum Gasteiger partial charge on any atom is -0.449 e. The second kappa shape index (κ2) is 8.82. The van der Waals surface area contributed by atoms with Gasteiger partial charge in [0.05, 0.1) is 5.02 Å². The van der Waals surface area contributed by atoms with Gasteiger partial charge in [-0.1, -0.05) is 35.4 Å². The van der Waals surface area contributed by atoms with Crippen LogP contribution in [0.4, 0.5) is 10.1 Å². The highest BCUT2D eigenvalue weighted by Gasteiger charge is 2.18. The van der Waals surface area contributed by atoms with Crippen molar-refractivity contribution in [2.24, 2.45) is 0 Å². The predicted molar refractivity (Wildman–Crippen MR) is 105 cm³/mol. The number of anilines is 1. The van der Waals surface area contributed by atoms with E-state index in [1.807, 2.05) is 32.9 Å². The summed E-state index contributed by atoms with van der Waals surface area (Å²) in [5.74, 6) is -1.77. The lowest BCUT2D eigenvalue weighted by atomic mass is 10.0. The van der Waals surface area contributed by atoms with Crippen molar-refractivity contribution >= 4 is 35.2 Å². The van der Waals surface area contributed by atoms with E-state index in [4.69, 9.17) is 16.3 Å². The summed E-state index contributed by atoms with van der Waals surface area (Å²) in [6.07, 6.45) is 1.24. The molecule has 2 aromatic rings. The van der Waals surface area contributed by atoms with Gasteiger partial charge in [0.1, 0.15) is 5.82 Å². The lowest BCUT2D eigenvalue weighted by molar-refractivity contribution is -0.148. The quantitative estimate of drug-likeness (QED) is 0.579. The summed E-state index contributed by atoms with van der Waals surface area (Å²) in [7, 11) is 0. The summed E-state index contributed by atoms with van der Waals surface area (Å²) in [6, 6.07) is 8.13. The summed E-state index contributed by atoms with van der Waals surface area (Å²) in [5, 5.41) is 2.96. The van der Waals surface area contributed by atoms with Crippen LogP contribution in [0.15, 0.2) is 36.4 Å². The maximum absolute atomic E-state index is 13.7. The molecule has 1 atom stereocenters. The molecule has 2 rings (SSSR count). The maximum atomic E-state index is 13.7. The fraction of sp³-hybridized carbons (Fsp3) is 0.238. The normalized spacial score (nSPS) is 12.1. The molecule has 0 saturated heterocycles. The Morgan fingerprint density at radius 1 is 1.19 bits per heavy atom. The molecule has 2 aromatic carbocycles. The van der Waals surface area contributed by atoms with Gasteiger partial charge in [-0.15, -0.1) is 0 Å². The first-order valence-corrected chi connectivity index (χ1v) is 8.78. The van der Waals surface area contributed by atoms with Crippen LogP contribution in [0.25, 0.3) is 6.08 Å². The Morgan fingerprint density at radius 3 is 2.41 bits per heavy atom. The molecule has 0 aliphatic carbocycles. The number of rotatable bonds is 5. The smallest absolute Gasteiger partial charge is 0.331 e. The van der Waals surface area contributed by atoms with E-state index in [0.29, 0.717) is 5.69 Å². The number of carbonyl (C=O) groups is 2. The lowest BCUT2D eigenvalue weighted by Crippen LogP contribution is -2.30. The fourth-order valence-electron chi connectivity index (χ4n) is 2.69. The molecule has 0 spiro atoms. The molecule has 0 fully saturated rings. The summed E-state index contributed by atoms with van der Waals surface area (Å²) in [5.41, 5.74) is 3.72. The minimum absolute atomic E-state index is 0.0825. The third-order valence-corrected chi connectivity index (χ3v) is 4.30. The van der Waals surface area contributed by atoms with Crippen molar-refractivity contribution in [2.45, 2.75) is 33.8 Å². The van der Waals surface area contributed by atoms with E-state index in [0.717, 1.165) is 22.8 Å². The van der Waals surface area contributed by atoms with Crippen LogP contribution in [-0.4, -0.2) is 18.0 Å². The SMILES string of the molecule is Cc1cc(C)c(NC(=O)[C@@H](C)OC(=O)/C=C/c2c(F)cccc2Cl)c(C)c1. The Hall–Kier alpha value is -2.66. The number of benzene rings is 2. The molecule has 6 heteroatoms. The number of hydrogen-bond donors (Lipinski definition) is 1. The highest BCUT2D eigenvalue weighted by Crippen LogP contribution is 2.22. The molecule has 0 radical (unpaired) electrons. The number of hydrogen-bond acceptors (Lipinski definition) is 3. The van der Waals surface area contributed by atoms with E-state index >= 15 is 0 Å². The van der Waals surface area contributed by atoms with Gasteiger partial charge >= 0.3 is 5.97 Å². The van der Waals surface area contributed by atoms with E-state index in [1.165, 1.54) is 31.2 Å². The zero-order chi connectivity index (χ0) is 20.1. The van der Waals surface area contributed by atoms with Gasteiger partial charge in [-0.2, -0.15) is 0 Å². The summed E-state index contributed by atoms with van der Waals surface area (Å²) in [6.45, 7) is 7.24. The van der Waals surface area contributed by atoms with E-state index in [1.54, 1.807) is 0 Å². The molecular formula is C21H21ClFNO3. The van der Waals surface area contributed by atoms with E-state index < -0.39 is 23.8 Å². The number of carbonyl (C=O) groups excluding carboxylic acids is 2. The zero-order valence-corrected chi connectivity index (χ0v) is 16.4. The van der Waals surface area contributed by atoms with E-state index in [-0.39, 0.29) is 10.6 Å². The van der Waals surface area contributed by atoms with Crippen molar-refractivity contribution in [2.75, 3.05) is 5.32 Å². The molecule has 1 N–H and O–H groups in total. The van der Waals surface area contributed by atoms with Gasteiger partial charge < -0.3 is 10.1 Å². The van der Waals surface area contributed by atoms with Gasteiger partial charge in [0.2, 0.25) is 0 Å². The zero-order valence-electron chi connectivity index (χ0n) is 15.6. The van der Waals surface area contributed by atoms with Crippen molar-refractivity contribution in [3.63, 3.8) is 0 Å². The number of aryl methyl sites for hydroxylation is 3. The average Bonchev–Trinajstić information content (AvgIpc) is 2.57. The van der Waals surface area contributed by atoms with Gasteiger partial charge in [-0.25, -0.2) is 9.18 Å². The number of amides is 1. The van der Waals surface area contributed by atoms with E-state index in [9.17, 15) is 14.0 Å². The highest BCUT2D eigenvalue weighted by atomic mass is 35.5. The number of halogens is 2. The van der Waals surface area contributed by atoms with Gasteiger partial charge in [-0.05, 0) is 57.0 Å². The van der Waals surface area contributed by atoms with Gasteiger partial charge in [0.15, 0.2) is 6.10 Å². The Kier molecular flexibility index (Phi) is 6.75. The number of nitrogens with one attached hydrogen (secondary N) is 1. The average molecular weight is 390 g/mol. The third-order valence-electron chi connectivity index (χ3n) is 3.97. The first kappa shape index (κ1) is 20.6. The Labute approximate surface area is 163 Å². The lowest BCUT2D eigenvalue weighted by Gasteiger charge is -2.16. The third kappa shape index (κ3) is 5.41. The van der Waals surface area contributed by atoms with Crippen molar-refractivity contribution in [1.29, 1.82) is 0 Å². The number of ether oxygens (including phenoxy) is 1. The molecule has 142 valence electrons. The summed E-state index contributed by atoms with van der Waals surface area (Å²) < 4.78 is 18.8. The largest absolute Gasteiger partial charge is 0.449 e. The highest BCUT2D eigenvalue weighted by molar-refractivity contribution is 6.32. The molecule has 0 aliphatic heterocycles. The predicted octanol–water partition coefficient (Wildman–Crippen LogP) is 4.99. The molecule has 0 saturated carbocycles. The molecule has 0 aliphatic rings. The van der Waals surface area contributed by atoms with Crippen LogP contribution in [0.2, 0.25) is 5.02 Å². The van der Waals surface area contributed by atoms with E-state index in [2.05, 4.69) is 5.32 Å². The van der Waals surface area contributed by atoms with Crippen molar-refractivity contribution < 1.29 is 18.7 Å². The Bertz CT molecular complexity index is 865. The molecule has 0 unspecified atom stereocenters. The monoisotopic (exact) mass is 389 g/mol. The standard InChI is InChI=1S/C21H21ClFNO3/c1-12-10-13(2)20(14(3)11-12)24-21(26)15(4)27-19(25)9-8-16-17(22)6-5-7-18(16)23/h5-11,15H,1-4H3,(H,24,26)/b9-8+/t15-/m1/s1. The van der Waals surface area contributed by atoms with Crippen LogP contribution in [0.5, 0.6) is 0 Å². The molecule has 4 nitrogen and oxygen atoms in total. The van der Waals surface area contributed by atoms with Crippen LogP contribution < -0.4 is 5.32 Å². The van der Waals surface area contributed by atoms with Crippen LogP contribution in [0.3, 0.4) is 0 Å². The molecule has 0 aromatic heterocycles. The van der Waals surface area contributed by atoms with Crippen molar-refractivity contribution in [1.82, 2.24) is 0 Å². The van der Waals surface area contributed by atoms with Crippen LogP contribution >= 0.6 is 11.6 Å². The Balaban J connectivity index is 2.02. The van der Waals surface area contributed by atoms with Gasteiger partial charge in [0, 0.05) is 17.3 Å². The first-order chi connectivity index (χ1) is 12.7. The summed E-state index contributed by atoms with van der Waals surface area (Å²) in [4.78, 5) is 24.3. The molecule has 1 amide bonds. The van der Waals surface area contributed by atoms with Gasteiger partial charge in [-0.3, -0.25) is 4.79 Å².